The standard InChI is InChI=1S/C7H14O2/c1-7(2)5(8)3-4-6(7)9/h5-6,8-9H,3-4H2,1-2H3/t5-,6-/m1/s1. The molecular weight excluding hydrogens is 116 g/mol. The van der Waals surface area contributed by atoms with E-state index in [0.717, 1.165) is 12.8 Å². The van der Waals surface area contributed by atoms with Gasteiger partial charge < -0.3 is 10.2 Å². The van der Waals surface area contributed by atoms with E-state index in [9.17, 15) is 10.2 Å². The molecule has 0 heterocycles. The van der Waals surface area contributed by atoms with E-state index in [1.807, 2.05) is 13.8 Å². The largest absolute Gasteiger partial charge is 0.392 e. The minimum Gasteiger partial charge on any atom is -0.392 e. The van der Waals surface area contributed by atoms with Crippen LogP contribution in [0.5, 0.6) is 0 Å². The number of hydrogen-bond acceptors (Lipinski definition) is 2. The van der Waals surface area contributed by atoms with Crippen molar-refractivity contribution in [1.82, 2.24) is 0 Å². The average Bonchev–Trinajstić information content (AvgIpc) is 1.96. The van der Waals surface area contributed by atoms with Crippen molar-refractivity contribution in [1.29, 1.82) is 0 Å². The second kappa shape index (κ2) is 1.96. The third kappa shape index (κ3) is 0.970. The molecule has 2 heteroatoms. The number of aliphatic hydroxyl groups excluding tert-OH is 2. The van der Waals surface area contributed by atoms with Crippen LogP contribution in [0.25, 0.3) is 0 Å². The molecule has 54 valence electrons. The van der Waals surface area contributed by atoms with Crippen molar-refractivity contribution in [3.05, 3.63) is 0 Å². The lowest BCUT2D eigenvalue weighted by molar-refractivity contribution is 0.00322. The highest BCUT2D eigenvalue weighted by Gasteiger charge is 2.40. The van der Waals surface area contributed by atoms with E-state index in [0.29, 0.717) is 0 Å². The van der Waals surface area contributed by atoms with Crippen LogP contribution in [-0.2, 0) is 0 Å². The van der Waals surface area contributed by atoms with Crippen molar-refractivity contribution in [2.45, 2.75) is 38.9 Å². The van der Waals surface area contributed by atoms with Gasteiger partial charge in [0.25, 0.3) is 0 Å². The minimum atomic E-state index is -0.313. The van der Waals surface area contributed by atoms with Crippen molar-refractivity contribution < 1.29 is 10.2 Å². The fourth-order valence-corrected chi connectivity index (χ4v) is 1.28. The first-order chi connectivity index (χ1) is 4.05. The summed E-state index contributed by atoms with van der Waals surface area (Å²) < 4.78 is 0. The topological polar surface area (TPSA) is 40.5 Å². The fraction of sp³-hybridized carbons (Fsp3) is 1.00. The molecule has 2 nitrogen and oxygen atoms in total. The smallest absolute Gasteiger partial charge is 0.0616 e. The molecule has 1 saturated carbocycles. The molecule has 0 bridgehead atoms. The normalized spacial score (nSPS) is 41.3. The van der Waals surface area contributed by atoms with Crippen molar-refractivity contribution in [2.75, 3.05) is 0 Å². The maximum absolute atomic E-state index is 9.27. The van der Waals surface area contributed by atoms with Gasteiger partial charge in [0, 0.05) is 5.41 Å². The molecule has 1 aliphatic rings. The summed E-state index contributed by atoms with van der Waals surface area (Å²) in [5.74, 6) is 0. The molecule has 0 amide bonds. The number of hydrogen-bond donors (Lipinski definition) is 2. The molecule has 0 aromatic rings. The van der Waals surface area contributed by atoms with Crippen LogP contribution in [0, 0.1) is 5.41 Å². The molecule has 2 N–H and O–H groups in total. The molecule has 2 atom stereocenters. The summed E-state index contributed by atoms with van der Waals surface area (Å²) in [6, 6.07) is 0. The van der Waals surface area contributed by atoms with E-state index >= 15 is 0 Å². The van der Waals surface area contributed by atoms with Crippen LogP contribution in [0.3, 0.4) is 0 Å². The van der Waals surface area contributed by atoms with Gasteiger partial charge in [-0.2, -0.15) is 0 Å². The zero-order valence-corrected chi connectivity index (χ0v) is 5.96. The first kappa shape index (κ1) is 7.03. The van der Waals surface area contributed by atoms with Gasteiger partial charge in [-0.25, -0.2) is 0 Å². The monoisotopic (exact) mass is 130 g/mol. The van der Waals surface area contributed by atoms with Gasteiger partial charge >= 0.3 is 0 Å². The van der Waals surface area contributed by atoms with E-state index in [1.165, 1.54) is 0 Å². The molecule has 0 aromatic carbocycles. The van der Waals surface area contributed by atoms with Crippen LogP contribution in [0.4, 0.5) is 0 Å². The van der Waals surface area contributed by atoms with Crippen molar-refractivity contribution in [2.24, 2.45) is 5.41 Å². The van der Waals surface area contributed by atoms with Crippen LogP contribution in [0.1, 0.15) is 26.7 Å². The molecule has 0 aliphatic heterocycles. The van der Waals surface area contributed by atoms with Gasteiger partial charge in [0.2, 0.25) is 0 Å². The second-order valence-electron chi connectivity index (χ2n) is 3.43. The van der Waals surface area contributed by atoms with Gasteiger partial charge in [-0.05, 0) is 12.8 Å². The lowest BCUT2D eigenvalue weighted by atomic mass is 9.87. The Morgan fingerprint density at radius 2 is 1.44 bits per heavy atom. The lowest BCUT2D eigenvalue weighted by Gasteiger charge is -2.25. The molecule has 0 saturated heterocycles. The Bertz CT molecular complexity index is 97.5. The Labute approximate surface area is 55.5 Å². The summed E-state index contributed by atoms with van der Waals surface area (Å²) in [5.41, 5.74) is -0.278. The van der Waals surface area contributed by atoms with Gasteiger partial charge in [-0.1, -0.05) is 13.8 Å². The quantitative estimate of drug-likeness (QED) is 0.502. The molecule has 1 rings (SSSR count). The highest BCUT2D eigenvalue weighted by atomic mass is 16.3. The maximum atomic E-state index is 9.27. The third-order valence-corrected chi connectivity index (χ3v) is 2.43. The predicted molar refractivity (Wildman–Crippen MR) is 35.0 cm³/mol. The molecule has 0 spiro atoms. The van der Waals surface area contributed by atoms with E-state index in [1.54, 1.807) is 0 Å². The Kier molecular flexibility index (Phi) is 1.53. The van der Waals surface area contributed by atoms with Crippen LogP contribution >= 0.6 is 0 Å². The first-order valence-electron chi connectivity index (χ1n) is 3.41. The van der Waals surface area contributed by atoms with Gasteiger partial charge in [-0.3, -0.25) is 0 Å². The zero-order valence-electron chi connectivity index (χ0n) is 5.96. The van der Waals surface area contributed by atoms with Crippen molar-refractivity contribution >= 4 is 0 Å². The highest BCUT2D eigenvalue weighted by molar-refractivity contribution is 4.91. The molecule has 0 unspecified atom stereocenters. The van der Waals surface area contributed by atoms with E-state index in [4.69, 9.17) is 0 Å². The summed E-state index contributed by atoms with van der Waals surface area (Å²) in [4.78, 5) is 0. The zero-order chi connectivity index (χ0) is 7.07. The van der Waals surface area contributed by atoms with Crippen LogP contribution in [0.2, 0.25) is 0 Å². The molecule has 1 aliphatic carbocycles. The fourth-order valence-electron chi connectivity index (χ4n) is 1.28. The van der Waals surface area contributed by atoms with Crippen molar-refractivity contribution in [3.63, 3.8) is 0 Å². The summed E-state index contributed by atoms with van der Waals surface area (Å²) in [7, 11) is 0. The number of aliphatic hydroxyl groups is 2. The summed E-state index contributed by atoms with van der Waals surface area (Å²) in [5, 5.41) is 18.5. The number of rotatable bonds is 0. The Hall–Kier alpha value is -0.0800. The Morgan fingerprint density at radius 3 is 1.56 bits per heavy atom. The highest BCUT2D eigenvalue weighted by Crippen LogP contribution is 2.37. The van der Waals surface area contributed by atoms with Crippen LogP contribution in [0.15, 0.2) is 0 Å². The summed E-state index contributed by atoms with van der Waals surface area (Å²) in [6.45, 7) is 3.80. The van der Waals surface area contributed by atoms with E-state index in [2.05, 4.69) is 0 Å². The van der Waals surface area contributed by atoms with E-state index in [-0.39, 0.29) is 17.6 Å². The predicted octanol–water partition coefficient (Wildman–Crippen LogP) is 0.528. The molecule has 1 fully saturated rings. The minimum absolute atomic E-state index is 0.278. The van der Waals surface area contributed by atoms with Crippen LogP contribution < -0.4 is 0 Å². The molecular formula is C7H14O2. The Balaban J connectivity index is 2.66. The summed E-state index contributed by atoms with van der Waals surface area (Å²) >= 11 is 0. The average molecular weight is 130 g/mol. The second-order valence-corrected chi connectivity index (χ2v) is 3.43. The first-order valence-corrected chi connectivity index (χ1v) is 3.41. The molecule has 0 radical (unpaired) electrons. The maximum Gasteiger partial charge on any atom is 0.0616 e. The van der Waals surface area contributed by atoms with Crippen molar-refractivity contribution in [3.8, 4) is 0 Å². The molecule has 0 aromatic heterocycles. The Morgan fingerprint density at radius 1 is 1.11 bits per heavy atom. The van der Waals surface area contributed by atoms with Crippen LogP contribution in [-0.4, -0.2) is 22.4 Å². The van der Waals surface area contributed by atoms with Gasteiger partial charge in [0.1, 0.15) is 0 Å². The lowest BCUT2D eigenvalue weighted by Crippen LogP contribution is -2.32. The summed E-state index contributed by atoms with van der Waals surface area (Å²) in [6.07, 6.45) is 0.863. The van der Waals surface area contributed by atoms with Gasteiger partial charge in [0.05, 0.1) is 12.2 Å². The van der Waals surface area contributed by atoms with E-state index < -0.39 is 0 Å². The SMILES string of the molecule is CC1(C)[C@H](O)CC[C@H]1O. The third-order valence-electron chi connectivity index (χ3n) is 2.43. The molecule has 9 heavy (non-hydrogen) atoms. The van der Waals surface area contributed by atoms with Gasteiger partial charge in [0.15, 0.2) is 0 Å². The van der Waals surface area contributed by atoms with Gasteiger partial charge in [-0.15, -0.1) is 0 Å².